The van der Waals surface area contributed by atoms with Gasteiger partial charge in [-0.05, 0) is 41.7 Å². The molecule has 0 aromatic heterocycles. The van der Waals surface area contributed by atoms with E-state index in [0.29, 0.717) is 11.4 Å². The lowest BCUT2D eigenvalue weighted by atomic mass is 10.0. The monoisotopic (exact) mass is 371 g/mol. The Labute approximate surface area is 162 Å². The SMILES string of the molecule is Cc1ccc(C2=CSC3N2C(N)=CC(c2ccc(C#N)cc2)N3C#N)cc1. The maximum absolute atomic E-state index is 9.84. The van der Waals surface area contributed by atoms with E-state index in [4.69, 9.17) is 11.0 Å². The highest BCUT2D eigenvalue weighted by Crippen LogP contribution is 2.45. The molecule has 2 aliphatic heterocycles. The Morgan fingerprint density at radius 2 is 1.74 bits per heavy atom. The smallest absolute Gasteiger partial charge is 0.182 e. The van der Waals surface area contributed by atoms with Crippen molar-refractivity contribution in [1.82, 2.24) is 9.80 Å². The van der Waals surface area contributed by atoms with Gasteiger partial charge in [-0.3, -0.25) is 9.80 Å². The van der Waals surface area contributed by atoms with Crippen LogP contribution < -0.4 is 5.73 Å². The molecule has 2 aromatic carbocycles. The van der Waals surface area contributed by atoms with Crippen LogP contribution in [0.5, 0.6) is 0 Å². The molecular formula is C21H17N5S. The molecule has 0 radical (unpaired) electrons. The van der Waals surface area contributed by atoms with Crippen molar-refractivity contribution in [2.24, 2.45) is 5.73 Å². The Balaban J connectivity index is 1.71. The number of benzene rings is 2. The fourth-order valence-electron chi connectivity index (χ4n) is 3.33. The molecule has 6 heteroatoms. The van der Waals surface area contributed by atoms with Crippen LogP contribution in [-0.2, 0) is 0 Å². The molecule has 132 valence electrons. The molecule has 0 fully saturated rings. The Bertz CT molecular complexity index is 1010. The summed E-state index contributed by atoms with van der Waals surface area (Å²) in [6.07, 6.45) is 4.22. The number of nitrogens with two attached hydrogens (primary N) is 1. The molecule has 2 aliphatic rings. The standard InChI is InChI=1S/C21H17N5S/c1-14-2-6-17(7-3-14)19-12-27-21-25(13-23)18(10-20(24)26(19)21)16-8-4-15(11-22)5-9-16/h2-10,12,18,21H,24H2,1H3. The van der Waals surface area contributed by atoms with Crippen molar-refractivity contribution < 1.29 is 0 Å². The van der Waals surface area contributed by atoms with Crippen molar-refractivity contribution in [3.8, 4) is 12.3 Å². The number of nitriles is 2. The lowest BCUT2D eigenvalue weighted by molar-refractivity contribution is 0.193. The quantitative estimate of drug-likeness (QED) is 0.808. The highest BCUT2D eigenvalue weighted by atomic mass is 32.2. The second-order valence-electron chi connectivity index (χ2n) is 6.48. The van der Waals surface area contributed by atoms with Gasteiger partial charge in [0.1, 0.15) is 5.82 Å². The minimum absolute atomic E-state index is 0.225. The summed E-state index contributed by atoms with van der Waals surface area (Å²) in [6, 6.07) is 17.4. The minimum atomic E-state index is -0.262. The Morgan fingerprint density at radius 1 is 1.04 bits per heavy atom. The third kappa shape index (κ3) is 2.91. The van der Waals surface area contributed by atoms with Crippen molar-refractivity contribution in [2.75, 3.05) is 0 Å². The van der Waals surface area contributed by atoms with Crippen LogP contribution in [0.2, 0.25) is 0 Å². The van der Waals surface area contributed by atoms with E-state index in [-0.39, 0.29) is 11.5 Å². The van der Waals surface area contributed by atoms with Gasteiger partial charge in [0, 0.05) is 0 Å². The first kappa shape index (κ1) is 17.1. The van der Waals surface area contributed by atoms with Gasteiger partial charge >= 0.3 is 0 Å². The predicted molar refractivity (Wildman–Crippen MR) is 106 cm³/mol. The van der Waals surface area contributed by atoms with Crippen molar-refractivity contribution in [3.63, 3.8) is 0 Å². The van der Waals surface area contributed by atoms with Gasteiger partial charge in [0.05, 0.1) is 23.4 Å². The summed E-state index contributed by atoms with van der Waals surface area (Å²) in [5.74, 6) is 0.623. The largest absolute Gasteiger partial charge is 0.385 e. The van der Waals surface area contributed by atoms with Gasteiger partial charge in [-0.1, -0.05) is 53.7 Å². The van der Waals surface area contributed by atoms with Gasteiger partial charge in [0.2, 0.25) is 0 Å². The maximum Gasteiger partial charge on any atom is 0.182 e. The van der Waals surface area contributed by atoms with E-state index in [1.165, 1.54) is 5.56 Å². The van der Waals surface area contributed by atoms with Gasteiger partial charge in [-0.2, -0.15) is 10.5 Å². The van der Waals surface area contributed by atoms with Gasteiger partial charge < -0.3 is 5.73 Å². The zero-order valence-corrected chi connectivity index (χ0v) is 15.5. The van der Waals surface area contributed by atoms with Crippen LogP contribution >= 0.6 is 11.8 Å². The molecule has 0 saturated carbocycles. The molecular weight excluding hydrogens is 354 g/mol. The Morgan fingerprint density at radius 3 is 2.37 bits per heavy atom. The molecule has 0 spiro atoms. The van der Waals surface area contributed by atoms with Crippen molar-refractivity contribution in [2.45, 2.75) is 18.5 Å². The number of fused-ring (bicyclic) bond motifs is 1. The highest BCUT2D eigenvalue weighted by Gasteiger charge is 2.40. The average molecular weight is 371 g/mol. The summed E-state index contributed by atoms with van der Waals surface area (Å²) in [5.41, 5.74) is 11.0. The van der Waals surface area contributed by atoms with Gasteiger partial charge in [-0.25, -0.2) is 0 Å². The van der Waals surface area contributed by atoms with E-state index in [9.17, 15) is 5.26 Å². The van der Waals surface area contributed by atoms with Crippen LogP contribution in [0.25, 0.3) is 5.70 Å². The molecule has 5 nitrogen and oxygen atoms in total. The van der Waals surface area contributed by atoms with Crippen LogP contribution in [0.1, 0.15) is 28.3 Å². The topological polar surface area (TPSA) is 80.1 Å². The lowest BCUT2D eigenvalue weighted by Crippen LogP contribution is -2.47. The third-order valence-corrected chi connectivity index (χ3v) is 5.81. The summed E-state index contributed by atoms with van der Waals surface area (Å²) in [7, 11) is 0. The summed E-state index contributed by atoms with van der Waals surface area (Å²) in [4.78, 5) is 3.73. The second kappa shape index (κ2) is 6.75. The number of hydrogen-bond donors (Lipinski definition) is 1. The number of nitrogens with zero attached hydrogens (tertiary/aromatic N) is 4. The van der Waals surface area contributed by atoms with Crippen LogP contribution in [-0.4, -0.2) is 15.3 Å². The van der Waals surface area contributed by atoms with E-state index in [1.54, 1.807) is 28.8 Å². The molecule has 0 aliphatic carbocycles. The summed E-state index contributed by atoms with van der Waals surface area (Å²) in [5, 5.41) is 20.9. The molecule has 0 saturated heterocycles. The maximum atomic E-state index is 9.84. The van der Waals surface area contributed by atoms with Crippen LogP contribution in [0.4, 0.5) is 0 Å². The van der Waals surface area contributed by atoms with E-state index in [1.807, 2.05) is 23.1 Å². The van der Waals surface area contributed by atoms with E-state index in [2.05, 4.69) is 48.9 Å². The summed E-state index contributed by atoms with van der Waals surface area (Å²) < 4.78 is 0. The molecule has 0 amide bonds. The molecule has 2 unspecified atom stereocenters. The zero-order valence-electron chi connectivity index (χ0n) is 14.7. The number of aryl methyl sites for hydroxylation is 1. The first-order valence-electron chi connectivity index (χ1n) is 8.49. The van der Waals surface area contributed by atoms with Crippen molar-refractivity contribution in [3.05, 3.63) is 88.1 Å². The second-order valence-corrected chi connectivity index (χ2v) is 7.41. The van der Waals surface area contributed by atoms with E-state index in [0.717, 1.165) is 16.8 Å². The van der Waals surface area contributed by atoms with Crippen LogP contribution in [0, 0.1) is 29.7 Å². The predicted octanol–water partition coefficient (Wildman–Crippen LogP) is 3.84. The summed E-state index contributed by atoms with van der Waals surface area (Å²) >= 11 is 1.57. The van der Waals surface area contributed by atoms with Gasteiger partial charge in [0.15, 0.2) is 11.7 Å². The molecule has 0 bridgehead atoms. The van der Waals surface area contributed by atoms with Gasteiger partial charge in [-0.15, -0.1) is 0 Å². The number of rotatable bonds is 2. The average Bonchev–Trinajstić information content (AvgIpc) is 3.14. The number of thioether (sulfide) groups is 1. The zero-order chi connectivity index (χ0) is 19.0. The minimum Gasteiger partial charge on any atom is -0.385 e. The third-order valence-electron chi connectivity index (χ3n) is 4.77. The van der Waals surface area contributed by atoms with Crippen LogP contribution in [0.15, 0.2) is 65.8 Å². The van der Waals surface area contributed by atoms with Crippen molar-refractivity contribution in [1.29, 1.82) is 10.5 Å². The Kier molecular flexibility index (Phi) is 4.27. The fourth-order valence-corrected chi connectivity index (χ4v) is 4.50. The Hall–Kier alpha value is -3.35. The molecule has 2 atom stereocenters. The van der Waals surface area contributed by atoms with Crippen LogP contribution in [0.3, 0.4) is 0 Å². The normalized spacial score (nSPS) is 21.0. The van der Waals surface area contributed by atoms with Gasteiger partial charge in [0.25, 0.3) is 0 Å². The first-order valence-corrected chi connectivity index (χ1v) is 9.44. The highest BCUT2D eigenvalue weighted by molar-refractivity contribution is 8.03. The first-order chi connectivity index (χ1) is 13.1. The summed E-state index contributed by atoms with van der Waals surface area (Å²) in [6.45, 7) is 2.05. The van der Waals surface area contributed by atoms with Crippen molar-refractivity contribution >= 4 is 17.5 Å². The molecule has 2 heterocycles. The molecule has 2 N–H and O–H groups in total. The lowest BCUT2D eigenvalue weighted by Gasteiger charge is -2.41. The van der Waals surface area contributed by atoms with E-state index >= 15 is 0 Å². The molecule has 2 aromatic rings. The van der Waals surface area contributed by atoms with E-state index < -0.39 is 0 Å². The number of hydrogen-bond acceptors (Lipinski definition) is 6. The fraction of sp³-hybridized carbons (Fsp3) is 0.143. The molecule has 27 heavy (non-hydrogen) atoms. The molecule has 4 rings (SSSR count).